The summed E-state index contributed by atoms with van der Waals surface area (Å²) in [5, 5.41) is 15.5. The van der Waals surface area contributed by atoms with Gasteiger partial charge in [0.1, 0.15) is 0 Å². The summed E-state index contributed by atoms with van der Waals surface area (Å²) in [5.74, 6) is 0. The van der Waals surface area contributed by atoms with Crippen LogP contribution in [0.15, 0.2) is 182 Å². The number of fused-ring (bicyclic) bond motifs is 10. The van der Waals surface area contributed by atoms with Crippen LogP contribution >= 0.6 is 0 Å². The van der Waals surface area contributed by atoms with Gasteiger partial charge in [0.2, 0.25) is 0 Å². The van der Waals surface area contributed by atoms with Crippen molar-refractivity contribution >= 4 is 64.6 Å². The lowest BCUT2D eigenvalue weighted by Crippen LogP contribution is -1.86. The summed E-state index contributed by atoms with van der Waals surface area (Å²) in [5.41, 5.74) is 7.35. The zero-order valence-electron chi connectivity index (χ0n) is 26.3. The van der Waals surface area contributed by atoms with Gasteiger partial charge in [0.25, 0.3) is 0 Å². The van der Waals surface area contributed by atoms with Crippen LogP contribution in [0.3, 0.4) is 0 Å². The van der Waals surface area contributed by atoms with E-state index in [0.29, 0.717) is 0 Å². The predicted molar refractivity (Wildman–Crippen MR) is 208 cm³/mol. The highest BCUT2D eigenvalue weighted by Gasteiger charge is 2.10. The van der Waals surface area contributed by atoms with E-state index in [2.05, 4.69) is 182 Å². The summed E-state index contributed by atoms with van der Waals surface area (Å²) in [4.78, 5) is 0. The molecule has 0 radical (unpaired) electrons. The maximum absolute atomic E-state index is 2.34. The molecule has 10 aromatic rings. The summed E-state index contributed by atoms with van der Waals surface area (Å²) in [6.45, 7) is 0. The molecule has 0 nitrogen and oxygen atoms in total. The van der Waals surface area contributed by atoms with Gasteiger partial charge in [0.05, 0.1) is 0 Å². The molecule has 0 amide bonds. The van der Waals surface area contributed by atoms with Crippen molar-refractivity contribution in [2.45, 2.75) is 0 Å². The second-order valence-electron chi connectivity index (χ2n) is 12.9. The molecule has 0 atom stereocenters. The van der Waals surface area contributed by atoms with E-state index in [0.717, 1.165) is 0 Å². The van der Waals surface area contributed by atoms with Gasteiger partial charge in [-0.15, -0.1) is 0 Å². The Bertz CT molecular complexity index is 2690. The summed E-state index contributed by atoms with van der Waals surface area (Å²) in [7, 11) is 0. The lowest BCUT2D eigenvalue weighted by Gasteiger charge is -2.12. The van der Waals surface area contributed by atoms with Crippen LogP contribution in [-0.4, -0.2) is 0 Å². The van der Waals surface area contributed by atoms with E-state index in [1.807, 2.05) is 0 Å². The summed E-state index contributed by atoms with van der Waals surface area (Å²) in [6.07, 6.45) is 0. The Hall–Kier alpha value is -6.24. The van der Waals surface area contributed by atoms with Crippen molar-refractivity contribution in [2.24, 2.45) is 0 Å². The standard InChI is InChI=1S/C48H30/c1-3-13-43-31(7-1)15-17-33-19-21-41-29-39(23-25-45(41)47(33)43)37-11-5-9-35(27-37)36-10-6-12-38(28-36)40-24-26-46-42(30-40)22-20-34-18-16-32-8-2-4-14-44(32)48(34)46/h1-30H. The Kier molecular flexibility index (Phi) is 5.98. The van der Waals surface area contributed by atoms with E-state index in [1.54, 1.807) is 0 Å². The molecule has 0 unspecified atom stereocenters. The van der Waals surface area contributed by atoms with Crippen LogP contribution in [0.5, 0.6) is 0 Å². The quantitative estimate of drug-likeness (QED) is 0.176. The molecule has 0 saturated carbocycles. The molecule has 48 heavy (non-hydrogen) atoms. The van der Waals surface area contributed by atoms with Crippen molar-refractivity contribution in [3.05, 3.63) is 182 Å². The van der Waals surface area contributed by atoms with Crippen LogP contribution in [0.4, 0.5) is 0 Å². The van der Waals surface area contributed by atoms with E-state index in [9.17, 15) is 0 Å². The summed E-state index contributed by atoms with van der Waals surface area (Å²) in [6, 6.07) is 67.1. The summed E-state index contributed by atoms with van der Waals surface area (Å²) >= 11 is 0. The van der Waals surface area contributed by atoms with E-state index < -0.39 is 0 Å². The van der Waals surface area contributed by atoms with Gasteiger partial charge in [-0.05, 0) is 122 Å². The van der Waals surface area contributed by atoms with Gasteiger partial charge >= 0.3 is 0 Å². The molecule has 10 rings (SSSR count). The van der Waals surface area contributed by atoms with Gasteiger partial charge in [-0.1, -0.05) is 158 Å². The minimum absolute atomic E-state index is 1.22. The van der Waals surface area contributed by atoms with E-state index >= 15 is 0 Å². The number of hydrogen-bond donors (Lipinski definition) is 0. The van der Waals surface area contributed by atoms with Crippen LogP contribution in [0, 0.1) is 0 Å². The number of hydrogen-bond acceptors (Lipinski definition) is 0. The molecule has 0 heteroatoms. The van der Waals surface area contributed by atoms with Gasteiger partial charge < -0.3 is 0 Å². The van der Waals surface area contributed by atoms with Crippen molar-refractivity contribution < 1.29 is 0 Å². The smallest absolute Gasteiger partial charge is 0.00268 e. The van der Waals surface area contributed by atoms with Crippen LogP contribution in [0.25, 0.3) is 98.0 Å². The average molecular weight is 607 g/mol. The Morgan fingerprint density at radius 3 is 0.958 bits per heavy atom. The SMILES string of the molecule is c1cc(-c2cccc(-c3ccc4c(ccc5ccc6ccccc6c54)c3)c2)cc(-c2ccc3c(ccc4ccc5ccccc5c43)c2)c1. The summed E-state index contributed by atoms with van der Waals surface area (Å²) < 4.78 is 0. The van der Waals surface area contributed by atoms with Gasteiger partial charge in [-0.3, -0.25) is 0 Å². The highest BCUT2D eigenvalue weighted by Crippen LogP contribution is 2.37. The van der Waals surface area contributed by atoms with Crippen molar-refractivity contribution in [1.82, 2.24) is 0 Å². The minimum atomic E-state index is 1.22. The first-order valence-electron chi connectivity index (χ1n) is 16.7. The third-order valence-corrected chi connectivity index (χ3v) is 10.2. The topological polar surface area (TPSA) is 0 Å². The molecule has 0 aliphatic carbocycles. The van der Waals surface area contributed by atoms with Crippen LogP contribution in [-0.2, 0) is 0 Å². The molecule has 0 aromatic heterocycles. The van der Waals surface area contributed by atoms with Gasteiger partial charge in [-0.25, -0.2) is 0 Å². The Morgan fingerprint density at radius 1 is 0.188 bits per heavy atom. The molecule has 0 saturated heterocycles. The predicted octanol–water partition coefficient (Wildman–Crippen LogP) is 13.6. The van der Waals surface area contributed by atoms with Crippen LogP contribution in [0.2, 0.25) is 0 Å². The highest BCUT2D eigenvalue weighted by molar-refractivity contribution is 6.21. The molecule has 0 fully saturated rings. The Balaban J connectivity index is 1.03. The average Bonchev–Trinajstić information content (AvgIpc) is 3.17. The molecule has 0 aliphatic rings. The first-order valence-corrected chi connectivity index (χ1v) is 16.7. The van der Waals surface area contributed by atoms with Gasteiger partial charge in [0, 0.05) is 0 Å². The van der Waals surface area contributed by atoms with Crippen molar-refractivity contribution in [3.8, 4) is 33.4 Å². The number of benzene rings is 10. The Labute approximate surface area is 279 Å². The van der Waals surface area contributed by atoms with Crippen LogP contribution < -0.4 is 0 Å². The van der Waals surface area contributed by atoms with Gasteiger partial charge in [-0.2, -0.15) is 0 Å². The molecule has 0 spiro atoms. The fraction of sp³-hybridized carbons (Fsp3) is 0. The largest absolute Gasteiger partial charge is 0.0616 e. The molecule has 0 bridgehead atoms. The zero-order chi connectivity index (χ0) is 31.6. The third-order valence-electron chi connectivity index (χ3n) is 10.2. The molecule has 0 heterocycles. The molecule has 0 aliphatic heterocycles. The lowest BCUT2D eigenvalue weighted by atomic mass is 9.92. The lowest BCUT2D eigenvalue weighted by molar-refractivity contribution is 1.59. The Morgan fingerprint density at radius 2 is 0.521 bits per heavy atom. The molecule has 0 N–H and O–H groups in total. The molecule has 10 aromatic carbocycles. The maximum atomic E-state index is 2.34. The van der Waals surface area contributed by atoms with Crippen molar-refractivity contribution in [2.75, 3.05) is 0 Å². The number of rotatable bonds is 3. The highest BCUT2D eigenvalue weighted by atomic mass is 14.1. The van der Waals surface area contributed by atoms with Crippen LogP contribution in [0.1, 0.15) is 0 Å². The molecular formula is C48H30. The van der Waals surface area contributed by atoms with E-state index in [4.69, 9.17) is 0 Å². The normalized spacial score (nSPS) is 11.8. The second kappa shape index (κ2) is 10.7. The van der Waals surface area contributed by atoms with Gasteiger partial charge in [0.15, 0.2) is 0 Å². The first-order chi connectivity index (χ1) is 23.8. The van der Waals surface area contributed by atoms with Crippen molar-refractivity contribution in [3.63, 3.8) is 0 Å². The maximum Gasteiger partial charge on any atom is -0.00268 e. The van der Waals surface area contributed by atoms with Crippen molar-refractivity contribution in [1.29, 1.82) is 0 Å². The molecule has 222 valence electrons. The molecular weight excluding hydrogens is 577 g/mol. The zero-order valence-corrected chi connectivity index (χ0v) is 26.3. The third kappa shape index (κ3) is 4.31. The second-order valence-corrected chi connectivity index (χ2v) is 12.9. The van der Waals surface area contributed by atoms with E-state index in [1.165, 1.54) is 98.0 Å². The van der Waals surface area contributed by atoms with E-state index in [-0.39, 0.29) is 0 Å². The fourth-order valence-electron chi connectivity index (χ4n) is 7.79. The fourth-order valence-corrected chi connectivity index (χ4v) is 7.79. The minimum Gasteiger partial charge on any atom is -0.0616 e. The monoisotopic (exact) mass is 606 g/mol. The first kappa shape index (κ1) is 26.9.